The maximum absolute atomic E-state index is 13.8. The molecule has 3 aromatic rings. The van der Waals surface area contributed by atoms with E-state index in [1.165, 1.54) is 6.07 Å². The summed E-state index contributed by atoms with van der Waals surface area (Å²) in [6.45, 7) is 2.73. The van der Waals surface area contributed by atoms with Gasteiger partial charge in [-0.2, -0.15) is 0 Å². The number of aromatic nitrogens is 2. The van der Waals surface area contributed by atoms with Gasteiger partial charge >= 0.3 is 0 Å². The van der Waals surface area contributed by atoms with Crippen molar-refractivity contribution in [2.24, 2.45) is 0 Å². The summed E-state index contributed by atoms with van der Waals surface area (Å²) in [4.78, 5) is 23.6. The van der Waals surface area contributed by atoms with Crippen LogP contribution in [0.15, 0.2) is 48.5 Å². The molecule has 27 heavy (non-hydrogen) atoms. The van der Waals surface area contributed by atoms with Crippen LogP contribution in [0.2, 0.25) is 0 Å². The van der Waals surface area contributed by atoms with Crippen molar-refractivity contribution in [3.8, 4) is 0 Å². The summed E-state index contributed by atoms with van der Waals surface area (Å²) < 4.78 is 19.2. The van der Waals surface area contributed by atoms with Crippen LogP contribution in [0.4, 0.5) is 10.2 Å². The first-order valence-electron chi connectivity index (χ1n) is 8.83. The molecule has 1 saturated heterocycles. The number of benzene rings is 2. The van der Waals surface area contributed by atoms with Gasteiger partial charge in [-0.1, -0.05) is 30.3 Å². The zero-order valence-electron chi connectivity index (χ0n) is 14.7. The summed E-state index contributed by atoms with van der Waals surface area (Å²) in [5.74, 6) is 0.0104. The minimum atomic E-state index is -0.432. The molecule has 0 spiro atoms. The van der Waals surface area contributed by atoms with Crippen molar-refractivity contribution in [1.82, 2.24) is 15.3 Å². The number of nitrogens with one attached hydrogen (secondary N) is 1. The van der Waals surface area contributed by atoms with Gasteiger partial charge in [-0.3, -0.25) is 4.79 Å². The summed E-state index contributed by atoms with van der Waals surface area (Å²) in [6.07, 6.45) is 0. The number of ether oxygens (including phenoxy) is 1. The van der Waals surface area contributed by atoms with Gasteiger partial charge in [0.1, 0.15) is 11.6 Å². The number of fused-ring (bicyclic) bond motifs is 1. The molecule has 1 fully saturated rings. The Morgan fingerprint density at radius 1 is 1.07 bits per heavy atom. The summed E-state index contributed by atoms with van der Waals surface area (Å²) in [7, 11) is 0. The number of rotatable bonds is 4. The van der Waals surface area contributed by atoms with Crippen LogP contribution in [0.25, 0.3) is 10.9 Å². The second-order valence-corrected chi connectivity index (χ2v) is 6.26. The maximum atomic E-state index is 13.8. The molecule has 0 saturated carbocycles. The molecule has 0 bridgehead atoms. The highest BCUT2D eigenvalue weighted by molar-refractivity contribution is 5.96. The van der Waals surface area contributed by atoms with Crippen LogP contribution < -0.4 is 10.2 Å². The minimum Gasteiger partial charge on any atom is -0.378 e. The quantitative estimate of drug-likeness (QED) is 0.769. The van der Waals surface area contributed by atoms with E-state index < -0.39 is 5.91 Å². The number of morpholine rings is 1. The van der Waals surface area contributed by atoms with E-state index in [0.29, 0.717) is 37.4 Å². The third-order valence-electron chi connectivity index (χ3n) is 4.49. The Balaban J connectivity index is 1.63. The third kappa shape index (κ3) is 3.73. The average molecular weight is 366 g/mol. The molecule has 1 N–H and O–H groups in total. The molecule has 0 radical (unpaired) electrons. The van der Waals surface area contributed by atoms with Crippen molar-refractivity contribution >= 4 is 22.6 Å². The molecular formula is C20H19FN4O2. The fourth-order valence-corrected chi connectivity index (χ4v) is 3.07. The van der Waals surface area contributed by atoms with Crippen molar-refractivity contribution in [2.45, 2.75) is 6.54 Å². The number of amides is 1. The van der Waals surface area contributed by atoms with Gasteiger partial charge in [-0.25, -0.2) is 14.4 Å². The average Bonchev–Trinajstić information content (AvgIpc) is 2.73. The van der Waals surface area contributed by atoms with E-state index in [1.807, 2.05) is 24.3 Å². The second kappa shape index (κ2) is 7.67. The molecule has 7 heteroatoms. The van der Waals surface area contributed by atoms with Gasteiger partial charge in [0.2, 0.25) is 5.82 Å². The lowest BCUT2D eigenvalue weighted by molar-refractivity contribution is 0.0940. The minimum absolute atomic E-state index is 0.0755. The highest BCUT2D eigenvalue weighted by atomic mass is 19.1. The smallest absolute Gasteiger partial charge is 0.289 e. The fraction of sp³-hybridized carbons (Fsp3) is 0.250. The molecule has 2 heterocycles. The van der Waals surface area contributed by atoms with Crippen LogP contribution >= 0.6 is 0 Å². The number of para-hydroxylation sites is 1. The van der Waals surface area contributed by atoms with Gasteiger partial charge in [0.05, 0.1) is 18.7 Å². The molecule has 1 amide bonds. The lowest BCUT2D eigenvalue weighted by Gasteiger charge is -2.28. The van der Waals surface area contributed by atoms with E-state index >= 15 is 0 Å². The molecule has 1 aromatic heterocycles. The maximum Gasteiger partial charge on any atom is 0.289 e. The van der Waals surface area contributed by atoms with Gasteiger partial charge < -0.3 is 15.0 Å². The molecule has 1 aliphatic heterocycles. The lowest BCUT2D eigenvalue weighted by atomic mass is 10.2. The zero-order chi connectivity index (χ0) is 18.6. The summed E-state index contributed by atoms with van der Waals surface area (Å²) in [5.41, 5.74) is 1.12. The van der Waals surface area contributed by atoms with E-state index in [9.17, 15) is 9.18 Å². The van der Waals surface area contributed by atoms with Crippen LogP contribution in [0, 0.1) is 5.82 Å². The van der Waals surface area contributed by atoms with E-state index in [-0.39, 0.29) is 18.2 Å². The van der Waals surface area contributed by atoms with E-state index in [1.54, 1.807) is 18.2 Å². The highest BCUT2D eigenvalue weighted by Crippen LogP contribution is 2.24. The number of carbonyl (C=O) groups is 1. The number of halogens is 1. The lowest BCUT2D eigenvalue weighted by Crippen LogP contribution is -2.37. The Labute approximate surface area is 156 Å². The number of hydrogen-bond acceptors (Lipinski definition) is 5. The standard InChI is InChI=1S/C20H19FN4O2/c21-16-7-3-1-5-14(16)13-22-20(26)18-23-17-8-4-2-6-15(17)19(24-18)25-9-11-27-12-10-25/h1-8H,9-13H2,(H,22,26). The molecule has 2 aromatic carbocycles. The zero-order valence-corrected chi connectivity index (χ0v) is 14.7. The van der Waals surface area contributed by atoms with E-state index in [2.05, 4.69) is 20.2 Å². The van der Waals surface area contributed by atoms with Crippen molar-refractivity contribution < 1.29 is 13.9 Å². The largest absolute Gasteiger partial charge is 0.378 e. The van der Waals surface area contributed by atoms with Crippen molar-refractivity contribution in [2.75, 3.05) is 31.2 Å². The van der Waals surface area contributed by atoms with Crippen molar-refractivity contribution in [3.63, 3.8) is 0 Å². The molecule has 4 rings (SSSR count). The molecular weight excluding hydrogens is 347 g/mol. The molecule has 0 unspecified atom stereocenters. The SMILES string of the molecule is O=C(NCc1ccccc1F)c1nc(N2CCOCC2)c2ccccc2n1. The predicted molar refractivity (Wildman–Crippen MR) is 100 cm³/mol. The number of anilines is 1. The number of nitrogens with zero attached hydrogens (tertiary/aromatic N) is 3. The summed E-state index contributed by atoms with van der Waals surface area (Å²) in [6, 6.07) is 13.9. The Bertz CT molecular complexity index is 973. The first-order valence-corrected chi connectivity index (χ1v) is 8.83. The second-order valence-electron chi connectivity index (χ2n) is 6.26. The molecule has 1 aliphatic rings. The van der Waals surface area contributed by atoms with E-state index in [4.69, 9.17) is 4.74 Å². The van der Waals surface area contributed by atoms with Crippen LogP contribution in [0.3, 0.4) is 0 Å². The summed E-state index contributed by atoms with van der Waals surface area (Å²) in [5, 5.41) is 3.60. The van der Waals surface area contributed by atoms with Crippen LogP contribution in [-0.4, -0.2) is 42.2 Å². The van der Waals surface area contributed by atoms with E-state index in [0.717, 1.165) is 11.2 Å². The van der Waals surface area contributed by atoms with Crippen molar-refractivity contribution in [1.29, 1.82) is 0 Å². The Kier molecular flexibility index (Phi) is 4.93. The molecule has 138 valence electrons. The third-order valence-corrected chi connectivity index (χ3v) is 4.49. The molecule has 0 atom stereocenters. The van der Waals surface area contributed by atoms with Crippen molar-refractivity contribution in [3.05, 3.63) is 65.7 Å². The topological polar surface area (TPSA) is 67.4 Å². The number of hydrogen-bond donors (Lipinski definition) is 1. The fourth-order valence-electron chi connectivity index (χ4n) is 3.07. The molecule has 6 nitrogen and oxygen atoms in total. The van der Waals surface area contributed by atoms with Crippen LogP contribution in [0.1, 0.15) is 16.2 Å². The molecule has 0 aliphatic carbocycles. The van der Waals surface area contributed by atoms with Gasteiger partial charge in [0.25, 0.3) is 5.91 Å². The predicted octanol–water partition coefficient (Wildman–Crippen LogP) is 2.54. The Hall–Kier alpha value is -3.06. The van der Waals surface area contributed by atoms with Crippen LogP contribution in [-0.2, 0) is 11.3 Å². The van der Waals surface area contributed by atoms with Crippen LogP contribution in [0.5, 0.6) is 0 Å². The van der Waals surface area contributed by atoms with Gasteiger partial charge in [-0.05, 0) is 18.2 Å². The highest BCUT2D eigenvalue weighted by Gasteiger charge is 2.20. The Morgan fingerprint density at radius 2 is 1.81 bits per heavy atom. The normalized spacial score (nSPS) is 14.3. The Morgan fingerprint density at radius 3 is 2.63 bits per heavy atom. The first-order chi connectivity index (χ1) is 13.2. The monoisotopic (exact) mass is 366 g/mol. The summed E-state index contributed by atoms with van der Waals surface area (Å²) >= 11 is 0. The van der Waals surface area contributed by atoms with Gasteiger partial charge in [-0.15, -0.1) is 0 Å². The van der Waals surface area contributed by atoms with Gasteiger partial charge in [0, 0.05) is 30.6 Å². The first kappa shape index (κ1) is 17.4. The number of carbonyl (C=O) groups excluding carboxylic acids is 1. The van der Waals surface area contributed by atoms with Gasteiger partial charge in [0.15, 0.2) is 0 Å².